The molecule has 0 saturated carbocycles. The summed E-state index contributed by atoms with van der Waals surface area (Å²) >= 11 is 3.36. The normalized spacial score (nSPS) is 15.2. The maximum absolute atomic E-state index is 11.9. The molecule has 1 aliphatic heterocycles. The van der Waals surface area contributed by atoms with E-state index in [1.807, 2.05) is 29.7 Å². The first kappa shape index (κ1) is 20.8. The molecule has 0 aliphatic carbocycles. The van der Waals surface area contributed by atoms with Crippen LogP contribution in [0.25, 0.3) is 16.3 Å². The Balaban J connectivity index is 1.25. The molecule has 0 unspecified atom stereocenters. The summed E-state index contributed by atoms with van der Waals surface area (Å²) in [4.78, 5) is 22.6. The monoisotopic (exact) mass is 442 g/mol. The number of piperazine rings is 1. The molecule has 6 nitrogen and oxygen atoms in total. The summed E-state index contributed by atoms with van der Waals surface area (Å²) in [5.74, 6) is 0.793. The largest absolute Gasteiger partial charge is 0.494 e. The van der Waals surface area contributed by atoms with Crippen molar-refractivity contribution in [2.75, 3.05) is 51.3 Å². The zero-order valence-corrected chi connectivity index (χ0v) is 18.9. The number of anilines is 1. The van der Waals surface area contributed by atoms with Crippen LogP contribution in [0.4, 0.5) is 5.13 Å². The molecule has 1 N–H and O–H groups in total. The van der Waals surface area contributed by atoms with Crippen LogP contribution in [-0.2, 0) is 4.79 Å². The fourth-order valence-electron chi connectivity index (χ4n) is 3.50. The Bertz CT molecular complexity index is 1020. The van der Waals surface area contributed by atoms with Gasteiger partial charge in [-0.25, -0.2) is 4.98 Å². The second kappa shape index (κ2) is 9.59. The number of thiophene rings is 1. The highest BCUT2D eigenvalue weighted by Gasteiger charge is 2.21. The van der Waals surface area contributed by atoms with Gasteiger partial charge in [0.2, 0.25) is 5.91 Å². The molecule has 1 aromatic carbocycles. The minimum absolute atomic E-state index is 0.0409. The van der Waals surface area contributed by atoms with E-state index in [2.05, 4.69) is 28.1 Å². The van der Waals surface area contributed by atoms with Gasteiger partial charge in [-0.2, -0.15) is 0 Å². The van der Waals surface area contributed by atoms with Gasteiger partial charge in [0, 0.05) is 50.2 Å². The number of nitrogens with one attached hydrogen (secondary N) is 1. The lowest BCUT2D eigenvalue weighted by Gasteiger charge is -2.34. The van der Waals surface area contributed by atoms with Crippen molar-refractivity contribution in [1.29, 1.82) is 0 Å². The number of rotatable bonds is 7. The molecule has 8 heteroatoms. The van der Waals surface area contributed by atoms with Crippen molar-refractivity contribution in [1.82, 2.24) is 15.2 Å². The Morgan fingerprint density at radius 2 is 2.10 bits per heavy atom. The lowest BCUT2D eigenvalue weighted by atomic mass is 10.2. The quantitative estimate of drug-likeness (QED) is 0.567. The second-order valence-electron chi connectivity index (χ2n) is 7.23. The molecule has 3 heterocycles. The van der Waals surface area contributed by atoms with E-state index in [0.29, 0.717) is 6.54 Å². The van der Waals surface area contributed by atoms with E-state index in [-0.39, 0.29) is 5.91 Å². The zero-order valence-electron chi connectivity index (χ0n) is 17.3. The minimum Gasteiger partial charge on any atom is -0.494 e. The summed E-state index contributed by atoms with van der Waals surface area (Å²) in [6, 6.07) is 8.05. The van der Waals surface area contributed by atoms with E-state index < -0.39 is 0 Å². The molecule has 0 bridgehead atoms. The summed E-state index contributed by atoms with van der Waals surface area (Å²) in [5, 5.41) is 6.03. The van der Waals surface area contributed by atoms with Crippen molar-refractivity contribution in [2.24, 2.45) is 0 Å². The van der Waals surface area contributed by atoms with E-state index >= 15 is 0 Å². The minimum atomic E-state index is -0.0409. The lowest BCUT2D eigenvalue weighted by molar-refractivity contribution is -0.116. The van der Waals surface area contributed by atoms with Crippen LogP contribution < -0.4 is 15.0 Å². The first-order valence-corrected chi connectivity index (χ1v) is 11.7. The van der Waals surface area contributed by atoms with Gasteiger partial charge in [-0.05, 0) is 36.1 Å². The number of aryl methyl sites for hydroxylation is 1. The van der Waals surface area contributed by atoms with Crippen molar-refractivity contribution in [2.45, 2.75) is 6.92 Å². The Hall–Kier alpha value is -2.42. The maximum atomic E-state index is 11.9. The third-order valence-electron chi connectivity index (χ3n) is 5.22. The number of carbonyl (C=O) groups excluding carboxylic acids is 1. The number of benzene rings is 1. The third kappa shape index (κ3) is 4.83. The third-order valence-corrected chi connectivity index (χ3v) is 7.31. The van der Waals surface area contributed by atoms with Gasteiger partial charge in [-0.3, -0.25) is 9.69 Å². The summed E-state index contributed by atoms with van der Waals surface area (Å²) < 4.78 is 6.68. The number of hydrogen-bond donors (Lipinski definition) is 1. The van der Waals surface area contributed by atoms with Gasteiger partial charge in [0.1, 0.15) is 11.3 Å². The fraction of sp³-hybridized carbons (Fsp3) is 0.364. The van der Waals surface area contributed by atoms with Gasteiger partial charge in [0.15, 0.2) is 5.13 Å². The Kier molecular flexibility index (Phi) is 6.66. The second-order valence-corrected chi connectivity index (χ2v) is 9.18. The molecule has 3 aromatic rings. The van der Waals surface area contributed by atoms with Gasteiger partial charge in [-0.1, -0.05) is 23.5 Å². The standard InChI is InChI=1S/C22H26N4O2S2/c1-16-5-7-18(28-2)20-21(16)30-22(24-20)26-13-11-25(12-14-26)10-9-23-19(27)8-6-17-4-3-15-29-17/h3-8,15H,9-14H2,1-2H3,(H,23,27)/b8-6+. The molecule has 158 valence electrons. The molecular formula is C22H26N4O2S2. The van der Waals surface area contributed by atoms with E-state index in [1.54, 1.807) is 35.9 Å². The topological polar surface area (TPSA) is 57.7 Å². The van der Waals surface area contributed by atoms with Crippen molar-refractivity contribution in [3.8, 4) is 5.75 Å². The number of fused-ring (bicyclic) bond motifs is 1. The molecule has 2 aromatic heterocycles. The maximum Gasteiger partial charge on any atom is 0.244 e. The smallest absolute Gasteiger partial charge is 0.244 e. The van der Waals surface area contributed by atoms with Crippen molar-refractivity contribution >= 4 is 50.0 Å². The molecule has 0 spiro atoms. The molecule has 4 rings (SSSR count). The predicted octanol–water partition coefficient (Wildman–Crippen LogP) is 3.63. The van der Waals surface area contributed by atoms with Crippen molar-refractivity contribution in [3.63, 3.8) is 0 Å². The Morgan fingerprint density at radius 1 is 1.27 bits per heavy atom. The van der Waals surface area contributed by atoms with E-state index in [4.69, 9.17) is 9.72 Å². The van der Waals surface area contributed by atoms with E-state index in [1.165, 1.54) is 10.3 Å². The average Bonchev–Trinajstić information content (AvgIpc) is 3.44. The van der Waals surface area contributed by atoms with Crippen molar-refractivity contribution in [3.05, 3.63) is 46.2 Å². The van der Waals surface area contributed by atoms with Gasteiger partial charge < -0.3 is 15.0 Å². The highest BCUT2D eigenvalue weighted by molar-refractivity contribution is 7.22. The number of thiazole rings is 1. The average molecular weight is 443 g/mol. The summed E-state index contributed by atoms with van der Waals surface area (Å²) in [6.45, 7) is 7.44. The first-order valence-electron chi connectivity index (χ1n) is 10.0. The van der Waals surface area contributed by atoms with Crippen LogP contribution in [0.1, 0.15) is 10.4 Å². The van der Waals surface area contributed by atoms with E-state index in [9.17, 15) is 4.79 Å². The number of nitrogens with zero attached hydrogens (tertiary/aromatic N) is 3. The van der Waals surface area contributed by atoms with Crippen LogP contribution in [0, 0.1) is 6.92 Å². The van der Waals surface area contributed by atoms with Crippen LogP contribution in [0.3, 0.4) is 0 Å². The van der Waals surface area contributed by atoms with E-state index in [0.717, 1.165) is 54.0 Å². The van der Waals surface area contributed by atoms with Gasteiger partial charge in [0.05, 0.1) is 11.8 Å². The Morgan fingerprint density at radius 3 is 2.83 bits per heavy atom. The van der Waals surface area contributed by atoms with Gasteiger partial charge in [-0.15, -0.1) is 11.3 Å². The summed E-state index contributed by atoms with van der Waals surface area (Å²) in [6.07, 6.45) is 3.46. The summed E-state index contributed by atoms with van der Waals surface area (Å²) in [5.41, 5.74) is 2.19. The van der Waals surface area contributed by atoms with Crippen LogP contribution in [0.5, 0.6) is 5.75 Å². The lowest BCUT2D eigenvalue weighted by Crippen LogP contribution is -2.48. The number of ether oxygens (including phenoxy) is 1. The fourth-order valence-corrected chi connectivity index (χ4v) is 5.22. The number of methoxy groups -OCH3 is 1. The molecule has 1 amide bonds. The molecule has 30 heavy (non-hydrogen) atoms. The van der Waals surface area contributed by atoms with Crippen molar-refractivity contribution < 1.29 is 9.53 Å². The van der Waals surface area contributed by atoms with Crippen LogP contribution in [0.2, 0.25) is 0 Å². The molecule has 1 aliphatic rings. The summed E-state index contributed by atoms with van der Waals surface area (Å²) in [7, 11) is 1.69. The number of carbonyl (C=O) groups is 1. The van der Waals surface area contributed by atoms with Crippen LogP contribution in [0.15, 0.2) is 35.7 Å². The molecule has 1 fully saturated rings. The predicted molar refractivity (Wildman–Crippen MR) is 126 cm³/mol. The number of aromatic nitrogens is 1. The molecular weight excluding hydrogens is 416 g/mol. The molecule has 1 saturated heterocycles. The van der Waals surface area contributed by atoms with Crippen LogP contribution >= 0.6 is 22.7 Å². The zero-order chi connectivity index (χ0) is 20.9. The number of hydrogen-bond acceptors (Lipinski definition) is 7. The van der Waals surface area contributed by atoms with Crippen LogP contribution in [-0.4, -0.2) is 62.2 Å². The van der Waals surface area contributed by atoms with Gasteiger partial charge >= 0.3 is 0 Å². The number of amides is 1. The van der Waals surface area contributed by atoms with Gasteiger partial charge in [0.25, 0.3) is 0 Å². The highest BCUT2D eigenvalue weighted by Crippen LogP contribution is 2.36. The molecule has 0 radical (unpaired) electrons. The highest BCUT2D eigenvalue weighted by atomic mass is 32.1. The molecule has 0 atom stereocenters. The first-order chi connectivity index (χ1) is 14.6. The SMILES string of the molecule is COc1ccc(C)c2sc(N3CCN(CCNC(=O)/C=C/c4cccs4)CC3)nc12. The Labute approximate surface area is 184 Å².